The maximum absolute atomic E-state index is 12.0. The number of benzene rings is 1. The Morgan fingerprint density at radius 1 is 1.20 bits per heavy atom. The van der Waals surface area contributed by atoms with Crippen molar-refractivity contribution in [2.75, 3.05) is 13.7 Å². The van der Waals surface area contributed by atoms with Crippen molar-refractivity contribution >= 4 is 12.0 Å². The molecule has 6 nitrogen and oxygen atoms in total. The Kier molecular flexibility index (Phi) is 7.80. The van der Waals surface area contributed by atoms with E-state index >= 15 is 0 Å². The zero-order valence-electron chi connectivity index (χ0n) is 15.4. The first-order chi connectivity index (χ1) is 11.7. The van der Waals surface area contributed by atoms with Crippen LogP contribution in [0, 0.1) is 11.8 Å². The normalized spacial score (nSPS) is 11.6. The number of carbonyl (C=O) groups excluding carboxylic acids is 2. The number of likely N-dealkylation sites (N-methyl/N-ethyl adjacent to an activating group) is 1. The lowest BCUT2D eigenvalue weighted by molar-refractivity contribution is -0.122. The summed E-state index contributed by atoms with van der Waals surface area (Å²) >= 11 is 0. The third kappa shape index (κ3) is 8.11. The molecule has 0 aliphatic carbocycles. The Morgan fingerprint density at radius 3 is 2.36 bits per heavy atom. The molecule has 0 radical (unpaired) electrons. The number of amides is 2. The standard InChI is InChI=1S/C19H26N2O4/c1-6-7-12-24-15-10-8-14(9-11-15)13-16(17(22)20-5)21-18(23)25-19(2,3)4/h8-11,16H,12-13H2,1-5H3,(H,20,22)(H,21,23)/t16-/m0/s1. The van der Waals surface area contributed by atoms with E-state index in [1.165, 1.54) is 7.05 Å². The molecular formula is C19H26N2O4. The van der Waals surface area contributed by atoms with Crippen LogP contribution >= 0.6 is 0 Å². The van der Waals surface area contributed by atoms with E-state index in [2.05, 4.69) is 22.5 Å². The fourth-order valence-electron chi connectivity index (χ4n) is 1.98. The number of nitrogens with one attached hydrogen (secondary N) is 2. The molecule has 1 aromatic carbocycles. The summed E-state index contributed by atoms with van der Waals surface area (Å²) in [6.07, 6.45) is -0.285. The Morgan fingerprint density at radius 2 is 1.84 bits per heavy atom. The first-order valence-corrected chi connectivity index (χ1v) is 8.07. The van der Waals surface area contributed by atoms with Crippen LogP contribution in [0.2, 0.25) is 0 Å². The van der Waals surface area contributed by atoms with Gasteiger partial charge in [0.05, 0.1) is 0 Å². The smallest absolute Gasteiger partial charge is 0.408 e. The summed E-state index contributed by atoms with van der Waals surface area (Å²) < 4.78 is 10.7. The van der Waals surface area contributed by atoms with Crippen molar-refractivity contribution in [2.24, 2.45) is 0 Å². The minimum atomic E-state index is -0.724. The molecule has 6 heteroatoms. The lowest BCUT2D eigenvalue weighted by atomic mass is 10.1. The van der Waals surface area contributed by atoms with E-state index in [-0.39, 0.29) is 5.91 Å². The fourth-order valence-corrected chi connectivity index (χ4v) is 1.98. The largest absolute Gasteiger partial charge is 0.481 e. The van der Waals surface area contributed by atoms with Crippen molar-refractivity contribution in [2.45, 2.75) is 45.8 Å². The number of hydrogen-bond acceptors (Lipinski definition) is 4. The summed E-state index contributed by atoms with van der Waals surface area (Å²) in [7, 11) is 1.53. The first kappa shape index (κ1) is 20.4. The highest BCUT2D eigenvalue weighted by Crippen LogP contribution is 2.14. The molecule has 0 saturated carbocycles. The summed E-state index contributed by atoms with van der Waals surface area (Å²) in [5.41, 5.74) is 0.260. The van der Waals surface area contributed by atoms with E-state index < -0.39 is 17.7 Å². The molecule has 136 valence electrons. The van der Waals surface area contributed by atoms with Gasteiger partial charge in [0.1, 0.15) is 24.0 Å². The van der Waals surface area contributed by atoms with Gasteiger partial charge in [-0.2, -0.15) is 0 Å². The van der Waals surface area contributed by atoms with Crippen LogP contribution in [-0.4, -0.2) is 37.3 Å². The van der Waals surface area contributed by atoms with E-state index in [1.807, 2.05) is 12.1 Å². The zero-order chi connectivity index (χ0) is 18.9. The van der Waals surface area contributed by atoms with Gasteiger partial charge in [-0.1, -0.05) is 18.1 Å². The van der Waals surface area contributed by atoms with Gasteiger partial charge >= 0.3 is 6.09 Å². The van der Waals surface area contributed by atoms with Crippen LogP contribution in [-0.2, 0) is 16.0 Å². The van der Waals surface area contributed by atoms with Crippen molar-refractivity contribution in [3.8, 4) is 17.6 Å². The summed E-state index contributed by atoms with van der Waals surface area (Å²) in [6.45, 7) is 7.38. The minimum Gasteiger partial charge on any atom is -0.481 e. The van der Waals surface area contributed by atoms with E-state index in [1.54, 1.807) is 39.8 Å². The Balaban J connectivity index is 2.72. The number of alkyl carbamates (subject to hydrolysis) is 1. The van der Waals surface area contributed by atoms with Gasteiger partial charge in [0, 0.05) is 13.5 Å². The average molecular weight is 346 g/mol. The molecule has 25 heavy (non-hydrogen) atoms. The van der Waals surface area contributed by atoms with Crippen LogP contribution < -0.4 is 15.4 Å². The van der Waals surface area contributed by atoms with Gasteiger partial charge in [0.15, 0.2) is 0 Å². The summed E-state index contributed by atoms with van der Waals surface area (Å²) in [4.78, 5) is 24.0. The number of carbonyl (C=O) groups is 2. The zero-order valence-corrected chi connectivity index (χ0v) is 15.4. The predicted octanol–water partition coefficient (Wildman–Crippen LogP) is 2.27. The molecule has 1 atom stereocenters. The molecule has 0 heterocycles. The van der Waals surface area contributed by atoms with E-state index in [9.17, 15) is 9.59 Å². The quantitative estimate of drug-likeness (QED) is 0.775. The monoisotopic (exact) mass is 346 g/mol. The minimum absolute atomic E-state index is 0.288. The van der Waals surface area contributed by atoms with Crippen LogP contribution in [0.1, 0.15) is 33.3 Å². The highest BCUT2D eigenvalue weighted by atomic mass is 16.6. The van der Waals surface area contributed by atoms with E-state index in [4.69, 9.17) is 9.47 Å². The fraction of sp³-hybridized carbons (Fsp3) is 0.474. The van der Waals surface area contributed by atoms with Gasteiger partial charge in [-0.05, 0) is 45.4 Å². The van der Waals surface area contributed by atoms with Crippen LogP contribution in [0.3, 0.4) is 0 Å². The van der Waals surface area contributed by atoms with Gasteiger partial charge in [0.25, 0.3) is 0 Å². The van der Waals surface area contributed by atoms with Gasteiger partial charge in [-0.15, -0.1) is 5.92 Å². The van der Waals surface area contributed by atoms with Gasteiger partial charge in [0.2, 0.25) is 5.91 Å². The van der Waals surface area contributed by atoms with Crippen molar-refractivity contribution in [3.05, 3.63) is 29.8 Å². The average Bonchev–Trinajstić information content (AvgIpc) is 2.53. The highest BCUT2D eigenvalue weighted by molar-refractivity contribution is 5.85. The van der Waals surface area contributed by atoms with Gasteiger partial charge in [-0.25, -0.2) is 4.79 Å². The molecule has 1 aromatic rings. The lowest BCUT2D eigenvalue weighted by Crippen LogP contribution is -2.48. The SMILES string of the molecule is CC#CCOc1ccc(C[C@H](NC(=O)OC(C)(C)C)C(=O)NC)cc1. The Bertz CT molecular complexity index is 636. The van der Waals surface area contributed by atoms with Gasteiger partial charge in [-0.3, -0.25) is 4.79 Å². The molecule has 0 fully saturated rings. The molecule has 0 saturated heterocycles. The van der Waals surface area contributed by atoms with Crippen molar-refractivity contribution < 1.29 is 19.1 Å². The molecule has 0 aliphatic rings. The Hall–Kier alpha value is -2.68. The second-order valence-electron chi connectivity index (χ2n) is 6.38. The maximum Gasteiger partial charge on any atom is 0.408 e. The lowest BCUT2D eigenvalue weighted by Gasteiger charge is -2.23. The van der Waals surface area contributed by atoms with Gasteiger partial charge < -0.3 is 20.1 Å². The first-order valence-electron chi connectivity index (χ1n) is 8.07. The summed E-state index contributed by atoms with van der Waals surface area (Å²) in [5, 5.41) is 5.16. The second kappa shape index (κ2) is 9.58. The third-order valence-electron chi connectivity index (χ3n) is 3.10. The molecule has 0 aliphatic heterocycles. The molecular weight excluding hydrogens is 320 g/mol. The molecule has 2 amide bonds. The predicted molar refractivity (Wildman–Crippen MR) is 96.3 cm³/mol. The second-order valence-corrected chi connectivity index (χ2v) is 6.38. The number of hydrogen-bond donors (Lipinski definition) is 2. The van der Waals surface area contributed by atoms with Crippen molar-refractivity contribution in [1.29, 1.82) is 0 Å². The highest BCUT2D eigenvalue weighted by Gasteiger charge is 2.23. The molecule has 0 spiro atoms. The molecule has 2 N–H and O–H groups in total. The van der Waals surface area contributed by atoms with Crippen LogP contribution in [0.15, 0.2) is 24.3 Å². The van der Waals surface area contributed by atoms with E-state index in [0.29, 0.717) is 18.8 Å². The van der Waals surface area contributed by atoms with Crippen molar-refractivity contribution in [3.63, 3.8) is 0 Å². The summed E-state index contributed by atoms with van der Waals surface area (Å²) in [6, 6.07) is 6.59. The summed E-state index contributed by atoms with van der Waals surface area (Å²) in [5.74, 6) is 5.99. The molecule has 1 rings (SSSR count). The molecule has 0 aromatic heterocycles. The maximum atomic E-state index is 12.0. The van der Waals surface area contributed by atoms with Crippen LogP contribution in [0.25, 0.3) is 0 Å². The number of rotatable bonds is 6. The van der Waals surface area contributed by atoms with Crippen LogP contribution in [0.4, 0.5) is 4.79 Å². The number of ether oxygens (including phenoxy) is 2. The van der Waals surface area contributed by atoms with Crippen LogP contribution in [0.5, 0.6) is 5.75 Å². The van der Waals surface area contributed by atoms with Crippen molar-refractivity contribution in [1.82, 2.24) is 10.6 Å². The Labute approximate surface area is 149 Å². The third-order valence-corrected chi connectivity index (χ3v) is 3.10. The topological polar surface area (TPSA) is 76.7 Å². The molecule has 0 bridgehead atoms. The molecule has 0 unspecified atom stereocenters. The van der Waals surface area contributed by atoms with E-state index in [0.717, 1.165) is 5.56 Å².